The molecule has 18 heavy (non-hydrogen) atoms. The summed E-state index contributed by atoms with van der Waals surface area (Å²) in [7, 11) is 0. The van der Waals surface area contributed by atoms with Crippen LogP contribution in [-0.4, -0.2) is 5.91 Å². The Hall–Kier alpha value is -1.94. The molecule has 0 bridgehead atoms. The maximum Gasteiger partial charge on any atom is 0.248 e. The van der Waals surface area contributed by atoms with Gasteiger partial charge in [0, 0.05) is 21.9 Å². The average molecular weight is 258 g/mol. The highest BCUT2D eigenvalue weighted by Crippen LogP contribution is 2.24. The number of hydrogen-bond acceptors (Lipinski definition) is 3. The minimum atomic E-state index is -0.398. The molecular formula is C14H14N2OS. The molecule has 0 aliphatic heterocycles. The molecule has 0 heterocycles. The predicted molar refractivity (Wildman–Crippen MR) is 75.4 cm³/mol. The van der Waals surface area contributed by atoms with E-state index >= 15 is 0 Å². The summed E-state index contributed by atoms with van der Waals surface area (Å²) in [5.41, 5.74) is 13.4. The molecule has 2 rings (SSSR count). The molecule has 0 unspecified atom stereocenters. The quantitative estimate of drug-likeness (QED) is 0.654. The number of benzene rings is 2. The highest BCUT2D eigenvalue weighted by molar-refractivity contribution is 7.98. The highest BCUT2D eigenvalue weighted by atomic mass is 32.2. The lowest BCUT2D eigenvalue weighted by molar-refractivity contribution is 0.100. The van der Waals surface area contributed by atoms with Gasteiger partial charge in [-0.15, -0.1) is 11.8 Å². The number of nitrogens with two attached hydrogens (primary N) is 2. The van der Waals surface area contributed by atoms with Crippen LogP contribution in [0, 0.1) is 0 Å². The maximum absolute atomic E-state index is 10.9. The molecule has 2 aromatic carbocycles. The first-order chi connectivity index (χ1) is 8.65. The van der Waals surface area contributed by atoms with E-state index in [1.807, 2.05) is 36.4 Å². The molecule has 4 heteroatoms. The molecule has 0 radical (unpaired) electrons. The number of carbonyl (C=O) groups excluding carboxylic acids is 1. The van der Waals surface area contributed by atoms with Gasteiger partial charge in [0.25, 0.3) is 0 Å². The molecule has 0 spiro atoms. The summed E-state index contributed by atoms with van der Waals surface area (Å²) in [4.78, 5) is 12.1. The third kappa shape index (κ3) is 3.28. The Balaban J connectivity index is 2.00. The molecule has 0 saturated heterocycles. The van der Waals surface area contributed by atoms with Crippen molar-refractivity contribution in [2.24, 2.45) is 5.73 Å². The number of hydrogen-bond donors (Lipinski definition) is 2. The molecule has 0 aliphatic carbocycles. The second-order valence-electron chi connectivity index (χ2n) is 3.92. The van der Waals surface area contributed by atoms with Crippen molar-refractivity contribution >= 4 is 23.4 Å². The van der Waals surface area contributed by atoms with Crippen molar-refractivity contribution in [1.82, 2.24) is 0 Å². The number of carbonyl (C=O) groups is 1. The van der Waals surface area contributed by atoms with E-state index in [2.05, 4.69) is 0 Å². The lowest BCUT2D eigenvalue weighted by Crippen LogP contribution is -2.10. The van der Waals surface area contributed by atoms with Crippen LogP contribution < -0.4 is 11.5 Å². The standard InChI is InChI=1S/C14H14N2OS/c15-12-2-1-3-13(8-12)18-9-10-4-6-11(7-5-10)14(16)17/h1-8H,9,15H2,(H2,16,17). The molecule has 0 saturated carbocycles. The number of primary amides is 1. The Kier molecular flexibility index (Phi) is 3.89. The first kappa shape index (κ1) is 12.5. The summed E-state index contributed by atoms with van der Waals surface area (Å²) in [6, 6.07) is 15.1. The van der Waals surface area contributed by atoms with Crippen LogP contribution in [0.2, 0.25) is 0 Å². The second-order valence-corrected chi connectivity index (χ2v) is 4.97. The van der Waals surface area contributed by atoms with Gasteiger partial charge in [0.15, 0.2) is 0 Å². The van der Waals surface area contributed by atoms with E-state index in [1.165, 1.54) is 0 Å². The number of anilines is 1. The van der Waals surface area contributed by atoms with E-state index in [9.17, 15) is 4.79 Å². The maximum atomic E-state index is 10.9. The van der Waals surface area contributed by atoms with E-state index in [0.717, 1.165) is 21.9 Å². The minimum Gasteiger partial charge on any atom is -0.399 e. The van der Waals surface area contributed by atoms with E-state index in [1.54, 1.807) is 23.9 Å². The number of thioether (sulfide) groups is 1. The zero-order chi connectivity index (χ0) is 13.0. The monoisotopic (exact) mass is 258 g/mol. The second kappa shape index (κ2) is 5.60. The van der Waals surface area contributed by atoms with Crippen LogP contribution >= 0.6 is 11.8 Å². The molecule has 0 fully saturated rings. The van der Waals surface area contributed by atoms with Gasteiger partial charge >= 0.3 is 0 Å². The Morgan fingerprint density at radius 2 is 1.83 bits per heavy atom. The van der Waals surface area contributed by atoms with Crippen molar-refractivity contribution < 1.29 is 4.79 Å². The van der Waals surface area contributed by atoms with Gasteiger partial charge in [-0.25, -0.2) is 0 Å². The van der Waals surface area contributed by atoms with Crippen molar-refractivity contribution in [2.45, 2.75) is 10.6 Å². The van der Waals surface area contributed by atoms with E-state index in [0.29, 0.717) is 5.56 Å². The van der Waals surface area contributed by atoms with Crippen molar-refractivity contribution in [1.29, 1.82) is 0 Å². The van der Waals surface area contributed by atoms with Crippen LogP contribution in [0.1, 0.15) is 15.9 Å². The van der Waals surface area contributed by atoms with Crippen molar-refractivity contribution in [3.63, 3.8) is 0 Å². The van der Waals surface area contributed by atoms with Crippen molar-refractivity contribution in [3.05, 3.63) is 59.7 Å². The zero-order valence-electron chi connectivity index (χ0n) is 9.80. The van der Waals surface area contributed by atoms with E-state index in [4.69, 9.17) is 11.5 Å². The van der Waals surface area contributed by atoms with Crippen molar-refractivity contribution in [3.8, 4) is 0 Å². The van der Waals surface area contributed by atoms with Crippen LogP contribution in [0.25, 0.3) is 0 Å². The van der Waals surface area contributed by atoms with Gasteiger partial charge in [-0.1, -0.05) is 18.2 Å². The molecular weight excluding hydrogens is 244 g/mol. The molecule has 1 amide bonds. The molecule has 0 aliphatic rings. The normalized spacial score (nSPS) is 10.2. The van der Waals surface area contributed by atoms with Crippen LogP contribution in [0.4, 0.5) is 5.69 Å². The molecule has 3 nitrogen and oxygen atoms in total. The molecule has 4 N–H and O–H groups in total. The molecule has 0 aromatic heterocycles. The zero-order valence-corrected chi connectivity index (χ0v) is 10.6. The van der Waals surface area contributed by atoms with E-state index in [-0.39, 0.29) is 0 Å². The van der Waals surface area contributed by atoms with Gasteiger partial charge < -0.3 is 11.5 Å². The van der Waals surface area contributed by atoms with Crippen LogP contribution in [0.3, 0.4) is 0 Å². The Bertz CT molecular complexity index is 552. The minimum absolute atomic E-state index is 0.398. The Morgan fingerprint density at radius 1 is 1.11 bits per heavy atom. The fraction of sp³-hybridized carbons (Fsp3) is 0.0714. The lowest BCUT2D eigenvalue weighted by Gasteiger charge is -2.03. The molecule has 92 valence electrons. The summed E-state index contributed by atoms with van der Waals surface area (Å²) >= 11 is 1.71. The average Bonchev–Trinajstić information content (AvgIpc) is 2.37. The van der Waals surface area contributed by atoms with Crippen LogP contribution in [0.15, 0.2) is 53.4 Å². The van der Waals surface area contributed by atoms with Crippen LogP contribution in [-0.2, 0) is 5.75 Å². The third-order valence-corrected chi connectivity index (χ3v) is 3.57. The Morgan fingerprint density at radius 3 is 2.44 bits per heavy atom. The number of amides is 1. The fourth-order valence-electron chi connectivity index (χ4n) is 1.54. The summed E-state index contributed by atoms with van der Waals surface area (Å²) in [5.74, 6) is 0.438. The summed E-state index contributed by atoms with van der Waals surface area (Å²) in [6.07, 6.45) is 0. The predicted octanol–water partition coefficient (Wildman–Crippen LogP) is 2.66. The fourth-order valence-corrected chi connectivity index (χ4v) is 2.46. The molecule has 2 aromatic rings. The smallest absolute Gasteiger partial charge is 0.248 e. The topological polar surface area (TPSA) is 69.1 Å². The first-order valence-electron chi connectivity index (χ1n) is 5.52. The summed E-state index contributed by atoms with van der Waals surface area (Å²) in [5, 5.41) is 0. The van der Waals surface area contributed by atoms with E-state index < -0.39 is 5.91 Å². The highest BCUT2D eigenvalue weighted by Gasteiger charge is 2.01. The van der Waals surface area contributed by atoms with Gasteiger partial charge in [-0.2, -0.15) is 0 Å². The number of nitrogen functional groups attached to an aromatic ring is 1. The first-order valence-corrected chi connectivity index (χ1v) is 6.51. The van der Waals surface area contributed by atoms with Crippen molar-refractivity contribution in [2.75, 3.05) is 5.73 Å². The number of rotatable bonds is 4. The Labute approximate surface area is 110 Å². The third-order valence-electron chi connectivity index (χ3n) is 2.50. The van der Waals surface area contributed by atoms with Gasteiger partial charge in [-0.3, -0.25) is 4.79 Å². The summed E-state index contributed by atoms with van der Waals surface area (Å²) < 4.78 is 0. The molecule has 0 atom stereocenters. The van der Waals surface area contributed by atoms with Crippen LogP contribution in [0.5, 0.6) is 0 Å². The summed E-state index contributed by atoms with van der Waals surface area (Å²) in [6.45, 7) is 0. The van der Waals surface area contributed by atoms with Gasteiger partial charge in [0.05, 0.1) is 0 Å². The SMILES string of the molecule is NC(=O)c1ccc(CSc2cccc(N)c2)cc1. The van der Waals surface area contributed by atoms with Gasteiger partial charge in [-0.05, 0) is 35.9 Å². The van der Waals surface area contributed by atoms with Gasteiger partial charge in [0.2, 0.25) is 5.91 Å². The lowest BCUT2D eigenvalue weighted by atomic mass is 10.1. The largest absolute Gasteiger partial charge is 0.399 e. The van der Waals surface area contributed by atoms with Gasteiger partial charge in [0.1, 0.15) is 0 Å².